The molecule has 1 saturated heterocycles. The number of morpholine rings is 1. The SMILES string of the molecule is Cc1csc(CNc2ccc3c(c2)Cc2cccc(C4CN(c5ccc[nH]c5=O)CCO4)c2O3)n1. The smallest absolute Gasteiger partial charge is 0.271 e. The third-order valence-corrected chi connectivity index (χ3v) is 7.41. The summed E-state index contributed by atoms with van der Waals surface area (Å²) in [5.74, 6) is 1.74. The number of hydrogen-bond donors (Lipinski definition) is 2. The number of rotatable bonds is 5. The van der Waals surface area contributed by atoms with Crippen LogP contribution < -0.4 is 20.5 Å². The predicted molar refractivity (Wildman–Crippen MR) is 138 cm³/mol. The summed E-state index contributed by atoms with van der Waals surface area (Å²) < 4.78 is 12.6. The molecule has 4 heterocycles. The van der Waals surface area contributed by atoms with E-state index in [1.807, 2.05) is 31.2 Å². The Kier molecular flexibility index (Phi) is 5.75. The Labute approximate surface area is 207 Å². The van der Waals surface area contributed by atoms with Gasteiger partial charge in [0.1, 0.15) is 28.3 Å². The highest BCUT2D eigenvalue weighted by atomic mass is 32.1. The number of ether oxygens (including phenoxy) is 2. The summed E-state index contributed by atoms with van der Waals surface area (Å²) in [6, 6.07) is 16.2. The molecule has 35 heavy (non-hydrogen) atoms. The first-order chi connectivity index (χ1) is 17.1. The zero-order valence-electron chi connectivity index (χ0n) is 19.4. The highest BCUT2D eigenvalue weighted by Gasteiger charge is 2.29. The number of thiazole rings is 1. The second kappa shape index (κ2) is 9.20. The minimum Gasteiger partial charge on any atom is -0.456 e. The molecule has 0 bridgehead atoms. The van der Waals surface area contributed by atoms with Gasteiger partial charge in [-0.25, -0.2) is 4.98 Å². The van der Waals surface area contributed by atoms with Crippen LogP contribution in [-0.4, -0.2) is 29.7 Å². The number of aryl methyl sites for hydroxylation is 1. The summed E-state index contributed by atoms with van der Waals surface area (Å²) in [5.41, 5.74) is 6.01. The second-order valence-electron chi connectivity index (χ2n) is 8.86. The quantitative estimate of drug-likeness (QED) is 0.363. The van der Waals surface area contributed by atoms with Gasteiger partial charge in [-0.15, -0.1) is 11.3 Å². The fraction of sp³-hybridized carbons (Fsp3) is 0.259. The molecule has 0 amide bonds. The average Bonchev–Trinajstić information content (AvgIpc) is 3.31. The number of anilines is 2. The van der Waals surface area contributed by atoms with Gasteiger partial charge in [0.15, 0.2) is 0 Å². The van der Waals surface area contributed by atoms with Gasteiger partial charge in [0.2, 0.25) is 0 Å². The van der Waals surface area contributed by atoms with Crippen LogP contribution in [0.4, 0.5) is 11.4 Å². The number of fused-ring (bicyclic) bond motifs is 2. The molecule has 1 atom stereocenters. The molecule has 2 N–H and O–H groups in total. The van der Waals surface area contributed by atoms with Gasteiger partial charge in [-0.2, -0.15) is 0 Å². The number of pyridine rings is 1. The predicted octanol–water partition coefficient (Wildman–Crippen LogP) is 5.03. The van der Waals surface area contributed by atoms with Crippen molar-refractivity contribution in [3.63, 3.8) is 0 Å². The maximum atomic E-state index is 12.3. The van der Waals surface area contributed by atoms with E-state index in [-0.39, 0.29) is 11.7 Å². The topological polar surface area (TPSA) is 79.5 Å². The second-order valence-corrected chi connectivity index (χ2v) is 9.81. The van der Waals surface area contributed by atoms with Gasteiger partial charge in [0, 0.05) is 53.6 Å². The van der Waals surface area contributed by atoms with E-state index in [4.69, 9.17) is 9.47 Å². The first kappa shape index (κ1) is 21.9. The summed E-state index contributed by atoms with van der Waals surface area (Å²) in [6.45, 7) is 4.54. The number of nitrogens with zero attached hydrogens (tertiary/aromatic N) is 2. The molecule has 7 nitrogen and oxygen atoms in total. The van der Waals surface area contributed by atoms with E-state index in [2.05, 4.69) is 49.8 Å². The third kappa shape index (κ3) is 4.42. The molecule has 0 aliphatic carbocycles. The Bertz CT molecular complexity index is 1430. The molecular weight excluding hydrogens is 460 g/mol. The molecule has 0 saturated carbocycles. The van der Waals surface area contributed by atoms with E-state index in [0.717, 1.165) is 51.0 Å². The van der Waals surface area contributed by atoms with E-state index >= 15 is 0 Å². The molecule has 1 unspecified atom stereocenters. The van der Waals surface area contributed by atoms with Crippen molar-refractivity contribution < 1.29 is 9.47 Å². The summed E-state index contributed by atoms with van der Waals surface area (Å²) >= 11 is 1.67. The molecule has 2 aliphatic rings. The van der Waals surface area contributed by atoms with Crippen molar-refractivity contribution >= 4 is 22.7 Å². The summed E-state index contributed by atoms with van der Waals surface area (Å²) in [7, 11) is 0. The summed E-state index contributed by atoms with van der Waals surface area (Å²) in [5, 5.41) is 6.62. The number of nitrogens with one attached hydrogen (secondary N) is 2. The Morgan fingerprint density at radius 1 is 1.20 bits per heavy atom. The van der Waals surface area contributed by atoms with Crippen molar-refractivity contribution in [3.05, 3.63) is 97.9 Å². The van der Waals surface area contributed by atoms with Crippen LogP contribution in [0.15, 0.2) is 64.9 Å². The van der Waals surface area contributed by atoms with E-state index < -0.39 is 0 Å². The number of aromatic nitrogens is 2. The fourth-order valence-electron chi connectivity index (χ4n) is 4.74. The van der Waals surface area contributed by atoms with Crippen LogP contribution in [0.1, 0.15) is 33.5 Å². The lowest BCUT2D eigenvalue weighted by molar-refractivity contribution is 0.0383. The summed E-state index contributed by atoms with van der Waals surface area (Å²) in [4.78, 5) is 21.7. The third-order valence-electron chi connectivity index (χ3n) is 6.44. The lowest BCUT2D eigenvalue weighted by Crippen LogP contribution is -2.41. The largest absolute Gasteiger partial charge is 0.456 e. The van der Waals surface area contributed by atoms with Crippen molar-refractivity contribution in [1.82, 2.24) is 9.97 Å². The van der Waals surface area contributed by atoms with Crippen LogP contribution in [0.3, 0.4) is 0 Å². The monoisotopic (exact) mass is 486 g/mol. The Balaban J connectivity index is 1.22. The molecule has 178 valence electrons. The lowest BCUT2D eigenvalue weighted by Gasteiger charge is -2.35. The van der Waals surface area contributed by atoms with Gasteiger partial charge in [-0.1, -0.05) is 18.2 Å². The molecule has 8 heteroatoms. The van der Waals surface area contributed by atoms with E-state index in [1.54, 1.807) is 17.5 Å². The maximum absolute atomic E-state index is 12.3. The zero-order valence-corrected chi connectivity index (χ0v) is 20.2. The number of para-hydroxylation sites is 1. The lowest BCUT2D eigenvalue weighted by atomic mass is 9.95. The van der Waals surface area contributed by atoms with Gasteiger partial charge < -0.3 is 24.7 Å². The van der Waals surface area contributed by atoms with Crippen LogP contribution in [0, 0.1) is 6.92 Å². The van der Waals surface area contributed by atoms with Crippen LogP contribution in [0.25, 0.3) is 0 Å². The first-order valence-electron chi connectivity index (χ1n) is 11.8. The molecule has 2 aliphatic heterocycles. The molecule has 0 spiro atoms. The molecule has 0 radical (unpaired) electrons. The van der Waals surface area contributed by atoms with E-state index in [0.29, 0.717) is 31.9 Å². The molecule has 2 aromatic carbocycles. The van der Waals surface area contributed by atoms with Crippen LogP contribution in [-0.2, 0) is 17.7 Å². The molecule has 1 fully saturated rings. The number of H-pyrrole nitrogens is 1. The van der Waals surface area contributed by atoms with Gasteiger partial charge >= 0.3 is 0 Å². The van der Waals surface area contributed by atoms with E-state index in [9.17, 15) is 4.79 Å². The Morgan fingerprint density at radius 2 is 2.14 bits per heavy atom. The van der Waals surface area contributed by atoms with Crippen molar-refractivity contribution in [2.45, 2.75) is 26.0 Å². The van der Waals surface area contributed by atoms with Crippen LogP contribution in [0.2, 0.25) is 0 Å². The van der Waals surface area contributed by atoms with Crippen LogP contribution >= 0.6 is 11.3 Å². The highest BCUT2D eigenvalue weighted by molar-refractivity contribution is 7.09. The van der Waals surface area contributed by atoms with Gasteiger partial charge in [0.05, 0.1) is 13.2 Å². The normalized spacial score (nSPS) is 16.8. The first-order valence-corrected chi connectivity index (χ1v) is 12.6. The zero-order chi connectivity index (χ0) is 23.8. The number of hydrogen-bond acceptors (Lipinski definition) is 7. The molecule has 2 aromatic heterocycles. The van der Waals surface area contributed by atoms with Crippen molar-refractivity contribution in [1.29, 1.82) is 0 Å². The molecule has 4 aromatic rings. The maximum Gasteiger partial charge on any atom is 0.271 e. The average molecular weight is 487 g/mol. The van der Waals surface area contributed by atoms with Crippen molar-refractivity contribution in [3.8, 4) is 11.5 Å². The Hall–Kier alpha value is -3.62. The van der Waals surface area contributed by atoms with Crippen LogP contribution in [0.5, 0.6) is 11.5 Å². The number of aromatic amines is 1. The van der Waals surface area contributed by atoms with Crippen molar-refractivity contribution in [2.75, 3.05) is 29.9 Å². The highest BCUT2D eigenvalue weighted by Crippen LogP contribution is 2.43. The van der Waals surface area contributed by atoms with Gasteiger partial charge in [-0.05, 0) is 42.8 Å². The van der Waals surface area contributed by atoms with Gasteiger partial charge in [-0.3, -0.25) is 4.79 Å². The summed E-state index contributed by atoms with van der Waals surface area (Å²) in [6.07, 6.45) is 2.27. The van der Waals surface area contributed by atoms with E-state index in [1.165, 1.54) is 0 Å². The molecular formula is C27H26N4O3S. The minimum absolute atomic E-state index is 0.0807. The standard InChI is InChI=1S/C27H26N4O3S/c1-17-16-35-25(30-17)14-29-20-7-8-23-19(13-20)12-18-4-2-5-21(26(18)34-23)24-15-31(10-11-33-24)22-6-3-9-28-27(22)32/h2-9,13,16,24,29H,10-12,14-15H2,1H3,(H,28,32). The van der Waals surface area contributed by atoms with Crippen molar-refractivity contribution in [2.24, 2.45) is 0 Å². The molecule has 6 rings (SSSR count). The Morgan fingerprint density at radius 3 is 3.00 bits per heavy atom. The van der Waals surface area contributed by atoms with Gasteiger partial charge in [0.25, 0.3) is 5.56 Å². The minimum atomic E-state index is -0.178. The number of benzene rings is 2. The fourth-order valence-corrected chi connectivity index (χ4v) is 5.46.